The van der Waals surface area contributed by atoms with Gasteiger partial charge in [0.15, 0.2) is 0 Å². The number of piperazine rings is 1. The van der Waals surface area contributed by atoms with Gasteiger partial charge in [-0.2, -0.15) is 17.0 Å². The predicted molar refractivity (Wildman–Crippen MR) is 95.0 cm³/mol. The molecule has 1 amide bonds. The van der Waals surface area contributed by atoms with Crippen molar-refractivity contribution in [3.05, 3.63) is 35.6 Å². The summed E-state index contributed by atoms with van der Waals surface area (Å²) in [5, 5.41) is 0. The molecular weight excluding hydrogens is 345 g/mol. The highest BCUT2D eigenvalue weighted by Gasteiger charge is 2.32. The predicted octanol–water partition coefficient (Wildman–Crippen LogP) is 1.95. The average molecular weight is 371 g/mol. The second-order valence-electron chi connectivity index (χ2n) is 6.10. The van der Waals surface area contributed by atoms with E-state index >= 15 is 0 Å². The van der Waals surface area contributed by atoms with Crippen molar-refractivity contribution in [2.24, 2.45) is 0 Å². The van der Waals surface area contributed by atoms with Crippen LogP contribution in [0.2, 0.25) is 0 Å². The lowest BCUT2D eigenvalue weighted by Gasteiger charge is -2.36. The second kappa shape index (κ2) is 8.73. The minimum Gasteiger partial charge on any atom is -0.336 e. The van der Waals surface area contributed by atoms with Crippen LogP contribution in [0.25, 0.3) is 0 Å². The Morgan fingerprint density at radius 2 is 1.56 bits per heavy atom. The Kier molecular flexibility index (Phi) is 6.92. The second-order valence-corrected chi connectivity index (χ2v) is 8.03. The van der Waals surface area contributed by atoms with Crippen LogP contribution in [0.3, 0.4) is 0 Å². The Labute approximate surface area is 149 Å². The molecule has 1 aliphatic rings. The molecule has 140 valence electrons. The van der Waals surface area contributed by atoms with Gasteiger partial charge in [0.25, 0.3) is 16.1 Å². The fourth-order valence-electron chi connectivity index (χ4n) is 2.90. The molecule has 1 heterocycles. The molecule has 6 nitrogen and oxygen atoms in total. The van der Waals surface area contributed by atoms with Crippen molar-refractivity contribution in [1.29, 1.82) is 0 Å². The van der Waals surface area contributed by atoms with Gasteiger partial charge in [-0.05, 0) is 37.1 Å². The zero-order chi connectivity index (χ0) is 18.4. The molecule has 25 heavy (non-hydrogen) atoms. The number of carbonyl (C=O) groups excluding carboxylic acids is 1. The van der Waals surface area contributed by atoms with Crippen LogP contribution in [0.15, 0.2) is 24.3 Å². The van der Waals surface area contributed by atoms with E-state index in [0.717, 1.165) is 12.8 Å². The number of carbonyl (C=O) groups is 1. The lowest BCUT2D eigenvalue weighted by Crippen LogP contribution is -2.54. The minimum absolute atomic E-state index is 0.198. The molecule has 1 aliphatic heterocycles. The third-order valence-corrected chi connectivity index (χ3v) is 6.25. The van der Waals surface area contributed by atoms with Gasteiger partial charge in [0.2, 0.25) is 0 Å². The Balaban J connectivity index is 2.00. The van der Waals surface area contributed by atoms with Gasteiger partial charge in [-0.25, -0.2) is 4.39 Å². The van der Waals surface area contributed by atoms with Gasteiger partial charge in [0.1, 0.15) is 5.82 Å². The third-order valence-electron chi connectivity index (χ3n) is 4.22. The lowest BCUT2D eigenvalue weighted by molar-refractivity contribution is 0.0694. The van der Waals surface area contributed by atoms with Crippen molar-refractivity contribution in [2.45, 2.75) is 26.7 Å². The number of hydrogen-bond acceptors (Lipinski definition) is 3. The number of amides is 1. The monoisotopic (exact) mass is 371 g/mol. The minimum atomic E-state index is -3.49. The standard InChI is InChI=1S/C17H26FN3O3S/c1-3-9-20(10-4-2)25(23,24)21-13-11-19(12-14-21)17(22)15-5-7-16(18)8-6-15/h5-8H,3-4,9-14H2,1-2H3. The first-order valence-corrected chi connectivity index (χ1v) is 10.1. The van der Waals surface area contributed by atoms with Crippen LogP contribution in [0.4, 0.5) is 4.39 Å². The highest BCUT2D eigenvalue weighted by atomic mass is 32.2. The van der Waals surface area contributed by atoms with Gasteiger partial charge in [0.05, 0.1) is 0 Å². The molecule has 8 heteroatoms. The van der Waals surface area contributed by atoms with E-state index < -0.39 is 10.2 Å². The molecule has 0 spiro atoms. The first-order valence-electron chi connectivity index (χ1n) is 8.70. The fourth-order valence-corrected chi connectivity index (χ4v) is 4.68. The van der Waals surface area contributed by atoms with Gasteiger partial charge in [0, 0.05) is 44.8 Å². The summed E-state index contributed by atoms with van der Waals surface area (Å²) >= 11 is 0. The summed E-state index contributed by atoms with van der Waals surface area (Å²) in [4.78, 5) is 14.0. The third kappa shape index (κ3) is 4.77. The van der Waals surface area contributed by atoms with Gasteiger partial charge in [-0.3, -0.25) is 4.79 Å². The van der Waals surface area contributed by atoms with Crippen LogP contribution in [-0.4, -0.2) is 67.1 Å². The number of halogens is 1. The van der Waals surface area contributed by atoms with Gasteiger partial charge in [-0.15, -0.1) is 0 Å². The molecule has 0 saturated carbocycles. The van der Waals surface area contributed by atoms with Gasteiger partial charge in [-0.1, -0.05) is 13.8 Å². The van der Waals surface area contributed by atoms with Crippen LogP contribution in [0, 0.1) is 5.82 Å². The van der Waals surface area contributed by atoms with Crippen molar-refractivity contribution in [3.8, 4) is 0 Å². The summed E-state index contributed by atoms with van der Waals surface area (Å²) < 4.78 is 41.5. The zero-order valence-corrected chi connectivity index (χ0v) is 15.6. The van der Waals surface area contributed by atoms with E-state index in [-0.39, 0.29) is 24.8 Å². The van der Waals surface area contributed by atoms with E-state index in [4.69, 9.17) is 0 Å². The molecule has 1 fully saturated rings. The Morgan fingerprint density at radius 3 is 2.04 bits per heavy atom. The van der Waals surface area contributed by atoms with E-state index in [0.29, 0.717) is 31.7 Å². The van der Waals surface area contributed by atoms with Gasteiger partial charge >= 0.3 is 0 Å². The lowest BCUT2D eigenvalue weighted by atomic mass is 10.2. The van der Waals surface area contributed by atoms with Crippen LogP contribution < -0.4 is 0 Å². The van der Waals surface area contributed by atoms with Crippen LogP contribution >= 0.6 is 0 Å². The number of benzene rings is 1. The van der Waals surface area contributed by atoms with Crippen LogP contribution in [0.1, 0.15) is 37.0 Å². The molecule has 0 atom stereocenters. The molecule has 0 unspecified atom stereocenters. The molecule has 1 aromatic rings. The molecule has 0 aliphatic carbocycles. The van der Waals surface area contributed by atoms with Crippen LogP contribution in [0.5, 0.6) is 0 Å². The molecular formula is C17H26FN3O3S. The van der Waals surface area contributed by atoms with Crippen molar-refractivity contribution in [1.82, 2.24) is 13.5 Å². The first-order chi connectivity index (χ1) is 11.9. The smallest absolute Gasteiger partial charge is 0.282 e. The molecule has 0 radical (unpaired) electrons. The van der Waals surface area contributed by atoms with E-state index in [1.165, 1.54) is 32.9 Å². The fraction of sp³-hybridized carbons (Fsp3) is 0.588. The van der Waals surface area contributed by atoms with Gasteiger partial charge < -0.3 is 4.90 Å². The van der Waals surface area contributed by atoms with E-state index in [1.807, 2.05) is 13.8 Å². The molecule has 1 saturated heterocycles. The van der Waals surface area contributed by atoms with E-state index in [2.05, 4.69) is 0 Å². The molecule has 1 aromatic carbocycles. The topological polar surface area (TPSA) is 60.9 Å². The van der Waals surface area contributed by atoms with Crippen molar-refractivity contribution >= 4 is 16.1 Å². The molecule has 0 bridgehead atoms. The Hall–Kier alpha value is -1.51. The van der Waals surface area contributed by atoms with Crippen LogP contribution in [-0.2, 0) is 10.2 Å². The summed E-state index contributed by atoms with van der Waals surface area (Å²) in [6.07, 6.45) is 1.53. The van der Waals surface area contributed by atoms with Crippen molar-refractivity contribution < 1.29 is 17.6 Å². The average Bonchev–Trinajstić information content (AvgIpc) is 2.61. The number of nitrogens with zero attached hydrogens (tertiary/aromatic N) is 3. The number of rotatable bonds is 7. The summed E-state index contributed by atoms with van der Waals surface area (Å²) in [7, 11) is -3.49. The summed E-state index contributed by atoms with van der Waals surface area (Å²) in [6.45, 7) is 6.15. The normalized spacial score (nSPS) is 16.4. The van der Waals surface area contributed by atoms with Crippen molar-refractivity contribution in [3.63, 3.8) is 0 Å². The maximum absolute atomic E-state index is 13.0. The highest BCUT2D eigenvalue weighted by molar-refractivity contribution is 7.86. The molecule has 0 aromatic heterocycles. The highest BCUT2D eigenvalue weighted by Crippen LogP contribution is 2.15. The largest absolute Gasteiger partial charge is 0.336 e. The SMILES string of the molecule is CCCN(CCC)S(=O)(=O)N1CCN(C(=O)c2ccc(F)cc2)CC1. The molecule has 2 rings (SSSR count). The Bertz CT molecular complexity index is 665. The maximum Gasteiger partial charge on any atom is 0.282 e. The van der Waals surface area contributed by atoms with E-state index in [9.17, 15) is 17.6 Å². The van der Waals surface area contributed by atoms with E-state index in [1.54, 1.807) is 4.90 Å². The number of hydrogen-bond donors (Lipinski definition) is 0. The maximum atomic E-state index is 13.0. The summed E-state index contributed by atoms with van der Waals surface area (Å²) in [6, 6.07) is 5.40. The summed E-state index contributed by atoms with van der Waals surface area (Å²) in [5.74, 6) is -0.588. The zero-order valence-electron chi connectivity index (χ0n) is 14.8. The van der Waals surface area contributed by atoms with Crippen molar-refractivity contribution in [2.75, 3.05) is 39.3 Å². The summed E-state index contributed by atoms with van der Waals surface area (Å²) in [5.41, 5.74) is 0.413. The Morgan fingerprint density at radius 1 is 1.04 bits per heavy atom. The first kappa shape index (κ1) is 19.8. The quantitative estimate of drug-likeness (QED) is 0.736. The molecule has 0 N–H and O–H groups in total.